The Morgan fingerprint density at radius 3 is 2.38 bits per heavy atom. The summed E-state index contributed by atoms with van der Waals surface area (Å²) in [5.41, 5.74) is 1.50. The van der Waals surface area contributed by atoms with Crippen molar-refractivity contribution in [3.8, 4) is 0 Å². The molecule has 1 N–H and O–H groups in total. The first-order chi connectivity index (χ1) is 14.1. The van der Waals surface area contributed by atoms with Crippen LogP contribution in [0.4, 0.5) is 4.39 Å². The average Bonchev–Trinajstić information content (AvgIpc) is 2.74. The topological polar surface area (TPSA) is 58.6 Å². The predicted octanol–water partition coefficient (Wildman–Crippen LogP) is 3.85. The highest BCUT2D eigenvalue weighted by Gasteiger charge is 2.30. The van der Waals surface area contributed by atoms with E-state index in [1.165, 1.54) is 12.1 Å². The molecule has 0 saturated heterocycles. The maximum absolute atomic E-state index is 13.3. The molecule has 0 fully saturated rings. The van der Waals surface area contributed by atoms with Crippen molar-refractivity contribution in [2.24, 2.45) is 0 Å². The van der Waals surface area contributed by atoms with Crippen LogP contribution in [0.2, 0.25) is 0 Å². The standard InChI is InChI=1S/C23H29FN2O3/c1-3-21(27)26(17-18-11-13-20(24)14-12-18)22(19-9-6-5-7-10-19)23(28)25-15-8-16-29-4-2/h5-7,9-14,22H,3-4,8,15-17H2,1-2H3,(H,25,28)/t22-/m1/s1. The van der Waals surface area contributed by atoms with E-state index in [-0.39, 0.29) is 30.6 Å². The van der Waals surface area contributed by atoms with Crippen LogP contribution in [0, 0.1) is 5.82 Å². The van der Waals surface area contributed by atoms with Crippen molar-refractivity contribution in [3.05, 3.63) is 71.5 Å². The summed E-state index contributed by atoms with van der Waals surface area (Å²) in [4.78, 5) is 27.4. The minimum Gasteiger partial charge on any atom is -0.382 e. The predicted molar refractivity (Wildman–Crippen MR) is 111 cm³/mol. The Labute approximate surface area is 171 Å². The molecule has 0 aliphatic heterocycles. The summed E-state index contributed by atoms with van der Waals surface area (Å²) in [6.45, 7) is 5.58. The maximum atomic E-state index is 13.3. The summed E-state index contributed by atoms with van der Waals surface area (Å²) < 4.78 is 18.6. The number of amides is 2. The highest BCUT2D eigenvalue weighted by Crippen LogP contribution is 2.24. The zero-order valence-electron chi connectivity index (χ0n) is 17.1. The number of halogens is 1. The Kier molecular flexibility index (Phi) is 9.31. The molecule has 2 aromatic rings. The Morgan fingerprint density at radius 2 is 1.76 bits per heavy atom. The molecule has 0 heterocycles. The molecule has 2 rings (SSSR count). The molecule has 5 nitrogen and oxygen atoms in total. The van der Waals surface area contributed by atoms with E-state index >= 15 is 0 Å². The number of hydrogen-bond acceptors (Lipinski definition) is 3. The number of benzene rings is 2. The quantitative estimate of drug-likeness (QED) is 0.583. The lowest BCUT2D eigenvalue weighted by Crippen LogP contribution is -2.43. The first kappa shape index (κ1) is 22.6. The van der Waals surface area contributed by atoms with Gasteiger partial charge in [-0.15, -0.1) is 0 Å². The van der Waals surface area contributed by atoms with Crippen LogP contribution >= 0.6 is 0 Å². The fourth-order valence-electron chi connectivity index (χ4n) is 3.05. The van der Waals surface area contributed by atoms with Gasteiger partial charge < -0.3 is 15.0 Å². The zero-order chi connectivity index (χ0) is 21.1. The van der Waals surface area contributed by atoms with Crippen LogP contribution in [-0.4, -0.2) is 36.5 Å². The van der Waals surface area contributed by atoms with Crippen molar-refractivity contribution in [1.82, 2.24) is 10.2 Å². The normalized spacial score (nSPS) is 11.7. The van der Waals surface area contributed by atoms with Crippen molar-refractivity contribution >= 4 is 11.8 Å². The fraction of sp³-hybridized carbons (Fsp3) is 0.391. The van der Waals surface area contributed by atoms with Gasteiger partial charge in [0.1, 0.15) is 11.9 Å². The number of hydrogen-bond donors (Lipinski definition) is 1. The number of carbonyl (C=O) groups excluding carboxylic acids is 2. The second kappa shape index (κ2) is 12.0. The van der Waals surface area contributed by atoms with E-state index in [1.54, 1.807) is 24.0 Å². The second-order valence-corrected chi connectivity index (χ2v) is 6.66. The SMILES string of the molecule is CCOCCCNC(=O)[C@@H](c1ccccc1)N(Cc1ccc(F)cc1)C(=O)CC. The monoisotopic (exact) mass is 400 g/mol. The van der Waals surface area contributed by atoms with Gasteiger partial charge in [-0.1, -0.05) is 49.4 Å². The lowest BCUT2D eigenvalue weighted by molar-refractivity contribution is -0.141. The molecular formula is C23H29FN2O3. The van der Waals surface area contributed by atoms with Crippen LogP contribution in [0.25, 0.3) is 0 Å². The molecule has 29 heavy (non-hydrogen) atoms. The number of carbonyl (C=O) groups is 2. The third-order valence-electron chi connectivity index (χ3n) is 4.53. The molecule has 0 spiro atoms. The lowest BCUT2D eigenvalue weighted by Gasteiger charge is -2.31. The Morgan fingerprint density at radius 1 is 1.07 bits per heavy atom. The molecule has 0 radical (unpaired) electrons. The molecule has 6 heteroatoms. The van der Waals surface area contributed by atoms with Crippen molar-refractivity contribution in [1.29, 1.82) is 0 Å². The molecular weight excluding hydrogens is 371 g/mol. The van der Waals surface area contributed by atoms with Gasteiger partial charge in [-0.05, 0) is 36.6 Å². The van der Waals surface area contributed by atoms with Crippen LogP contribution < -0.4 is 5.32 Å². The number of rotatable bonds is 11. The van der Waals surface area contributed by atoms with Crippen LogP contribution in [0.3, 0.4) is 0 Å². The van der Waals surface area contributed by atoms with E-state index in [4.69, 9.17) is 4.74 Å². The van der Waals surface area contributed by atoms with Gasteiger partial charge in [0.15, 0.2) is 0 Å². The van der Waals surface area contributed by atoms with Crippen LogP contribution in [0.1, 0.15) is 43.9 Å². The number of ether oxygens (including phenoxy) is 1. The van der Waals surface area contributed by atoms with Crippen LogP contribution in [0.15, 0.2) is 54.6 Å². The van der Waals surface area contributed by atoms with Gasteiger partial charge in [0.05, 0.1) is 0 Å². The molecule has 156 valence electrons. The summed E-state index contributed by atoms with van der Waals surface area (Å²) in [6, 6.07) is 14.4. The molecule has 0 unspecified atom stereocenters. The largest absolute Gasteiger partial charge is 0.382 e. The van der Waals surface area contributed by atoms with Gasteiger partial charge in [-0.3, -0.25) is 9.59 Å². The van der Waals surface area contributed by atoms with Crippen molar-refractivity contribution in [2.75, 3.05) is 19.8 Å². The lowest BCUT2D eigenvalue weighted by atomic mass is 10.0. The molecule has 2 aromatic carbocycles. The summed E-state index contributed by atoms with van der Waals surface area (Å²) in [5, 5.41) is 2.92. The fourth-order valence-corrected chi connectivity index (χ4v) is 3.05. The van der Waals surface area contributed by atoms with E-state index in [0.29, 0.717) is 26.2 Å². The van der Waals surface area contributed by atoms with E-state index in [1.807, 2.05) is 37.3 Å². The molecule has 0 aliphatic carbocycles. The van der Waals surface area contributed by atoms with E-state index in [9.17, 15) is 14.0 Å². The van der Waals surface area contributed by atoms with Crippen molar-refractivity contribution in [3.63, 3.8) is 0 Å². The molecule has 0 aliphatic rings. The zero-order valence-corrected chi connectivity index (χ0v) is 17.1. The second-order valence-electron chi connectivity index (χ2n) is 6.66. The van der Waals surface area contributed by atoms with Crippen LogP contribution in [0.5, 0.6) is 0 Å². The molecule has 1 atom stereocenters. The Balaban J connectivity index is 2.25. The molecule has 0 bridgehead atoms. The Bertz CT molecular complexity index is 765. The van der Waals surface area contributed by atoms with Gasteiger partial charge in [0.2, 0.25) is 11.8 Å². The molecule has 0 aromatic heterocycles. The van der Waals surface area contributed by atoms with Crippen molar-refractivity contribution < 1.29 is 18.7 Å². The summed E-state index contributed by atoms with van der Waals surface area (Å²) in [7, 11) is 0. The van der Waals surface area contributed by atoms with E-state index < -0.39 is 6.04 Å². The maximum Gasteiger partial charge on any atom is 0.247 e. The van der Waals surface area contributed by atoms with Gasteiger partial charge in [0, 0.05) is 32.7 Å². The van der Waals surface area contributed by atoms with Gasteiger partial charge in [-0.2, -0.15) is 0 Å². The van der Waals surface area contributed by atoms with Gasteiger partial charge in [-0.25, -0.2) is 4.39 Å². The number of nitrogens with one attached hydrogen (secondary N) is 1. The first-order valence-electron chi connectivity index (χ1n) is 10.0. The molecule has 0 saturated carbocycles. The first-order valence-corrected chi connectivity index (χ1v) is 10.0. The Hall–Kier alpha value is -2.73. The average molecular weight is 400 g/mol. The highest BCUT2D eigenvalue weighted by atomic mass is 19.1. The highest BCUT2D eigenvalue weighted by molar-refractivity contribution is 5.88. The summed E-state index contributed by atoms with van der Waals surface area (Å²) in [6.07, 6.45) is 0.961. The number of nitrogens with zero attached hydrogens (tertiary/aromatic N) is 1. The van der Waals surface area contributed by atoms with Gasteiger partial charge >= 0.3 is 0 Å². The minimum absolute atomic E-state index is 0.146. The third-order valence-corrected chi connectivity index (χ3v) is 4.53. The third kappa shape index (κ3) is 6.98. The molecule has 2 amide bonds. The summed E-state index contributed by atoms with van der Waals surface area (Å²) in [5.74, 6) is -0.724. The van der Waals surface area contributed by atoms with Gasteiger partial charge in [0.25, 0.3) is 0 Å². The van der Waals surface area contributed by atoms with Crippen molar-refractivity contribution in [2.45, 2.75) is 39.3 Å². The van der Waals surface area contributed by atoms with Crippen LogP contribution in [-0.2, 0) is 20.9 Å². The van der Waals surface area contributed by atoms with E-state index in [0.717, 1.165) is 11.1 Å². The summed E-state index contributed by atoms with van der Waals surface area (Å²) >= 11 is 0. The minimum atomic E-state index is -0.763. The smallest absolute Gasteiger partial charge is 0.247 e. The van der Waals surface area contributed by atoms with E-state index in [2.05, 4.69) is 5.32 Å².